The molecule has 66 valence electrons. The summed E-state index contributed by atoms with van der Waals surface area (Å²) < 4.78 is 1.50. The number of hydrogen-bond donors (Lipinski definition) is 0. The predicted octanol–water partition coefficient (Wildman–Crippen LogP) is 0.827. The molecule has 0 radical (unpaired) electrons. The molecule has 2 aromatic heterocycles. The third-order valence-corrected chi connectivity index (χ3v) is 1.83. The molecule has 0 fully saturated rings. The van der Waals surface area contributed by atoms with E-state index in [-0.39, 0.29) is 12.4 Å². The lowest BCUT2D eigenvalue weighted by molar-refractivity contribution is 0.830. The molecule has 0 spiro atoms. The Balaban J connectivity index is 2.77. The van der Waals surface area contributed by atoms with Crippen LogP contribution in [0.25, 0.3) is 11.2 Å². The van der Waals surface area contributed by atoms with Gasteiger partial charge in [-0.05, 0) is 12.1 Å². The van der Waals surface area contributed by atoms with Crippen LogP contribution < -0.4 is 0 Å². The fourth-order valence-corrected chi connectivity index (χ4v) is 1.26. The minimum atomic E-state index is 0.0937. The Bertz CT molecular complexity index is 555. The average Bonchev–Trinajstić information content (AvgIpc) is 2.58. The van der Waals surface area contributed by atoms with E-state index < -0.39 is 0 Å². The third-order valence-electron chi connectivity index (χ3n) is 1.83. The minimum absolute atomic E-state index is 0.0937. The normalized spacial score (nSPS) is 9.57. The molecule has 0 atom stereocenters. The zero-order chi connectivity index (χ0) is 9.97. The van der Waals surface area contributed by atoms with Crippen LogP contribution in [0.5, 0.6) is 0 Å². The minimum Gasteiger partial charge on any atom is -0.286 e. The highest BCUT2D eigenvalue weighted by molar-refractivity contribution is 5.72. The van der Waals surface area contributed by atoms with Gasteiger partial charge in [0, 0.05) is 6.20 Å². The highest BCUT2D eigenvalue weighted by Crippen LogP contribution is 2.11. The van der Waals surface area contributed by atoms with Gasteiger partial charge in [-0.1, -0.05) is 0 Å². The smallest absolute Gasteiger partial charge is 0.215 e. The molecule has 2 heterocycles. The molecule has 0 unspecified atom stereocenters. The number of fused-ring (bicyclic) bond motifs is 1. The molecule has 0 saturated carbocycles. The number of nitriles is 2. The van der Waals surface area contributed by atoms with Crippen molar-refractivity contribution in [1.82, 2.24) is 14.5 Å². The van der Waals surface area contributed by atoms with Gasteiger partial charge in [-0.25, -0.2) is 9.97 Å². The van der Waals surface area contributed by atoms with Gasteiger partial charge in [0.1, 0.15) is 18.1 Å². The first-order valence-electron chi connectivity index (χ1n) is 3.95. The topological polar surface area (TPSA) is 78.3 Å². The standard InChI is InChI=1S/C9H5N5/c10-3-5-14-8(6-11)13-7-2-1-4-12-9(7)14/h1-2,4H,5H2. The maximum atomic E-state index is 8.78. The first kappa shape index (κ1) is 8.21. The Morgan fingerprint density at radius 3 is 3.00 bits per heavy atom. The van der Waals surface area contributed by atoms with Gasteiger partial charge in [0.05, 0.1) is 6.07 Å². The summed E-state index contributed by atoms with van der Waals surface area (Å²) in [7, 11) is 0. The molecular formula is C9H5N5. The second-order valence-corrected chi connectivity index (χ2v) is 2.64. The van der Waals surface area contributed by atoms with E-state index in [2.05, 4.69) is 9.97 Å². The highest BCUT2D eigenvalue weighted by Gasteiger charge is 2.09. The third kappa shape index (κ3) is 1.08. The first-order chi connectivity index (χ1) is 6.86. The van der Waals surface area contributed by atoms with E-state index >= 15 is 0 Å². The first-order valence-corrected chi connectivity index (χ1v) is 3.95. The zero-order valence-electron chi connectivity index (χ0n) is 7.18. The molecule has 5 nitrogen and oxygen atoms in total. The second kappa shape index (κ2) is 3.15. The van der Waals surface area contributed by atoms with E-state index in [1.807, 2.05) is 12.1 Å². The monoisotopic (exact) mass is 183 g/mol. The quantitative estimate of drug-likeness (QED) is 0.655. The molecule has 2 aromatic rings. The number of imidazole rings is 1. The van der Waals surface area contributed by atoms with Crippen molar-refractivity contribution in [1.29, 1.82) is 10.5 Å². The van der Waals surface area contributed by atoms with Crippen molar-refractivity contribution in [2.24, 2.45) is 0 Å². The van der Waals surface area contributed by atoms with Gasteiger partial charge in [0.2, 0.25) is 5.82 Å². The maximum Gasteiger partial charge on any atom is 0.215 e. The SMILES string of the molecule is N#CCn1c(C#N)nc2cccnc21. The molecule has 0 N–H and O–H groups in total. The Hall–Kier alpha value is -2.40. The Morgan fingerprint density at radius 1 is 1.43 bits per heavy atom. The largest absolute Gasteiger partial charge is 0.286 e. The van der Waals surface area contributed by atoms with E-state index in [4.69, 9.17) is 10.5 Å². The summed E-state index contributed by atoms with van der Waals surface area (Å²) in [5.74, 6) is 0.222. The Kier molecular flexibility index (Phi) is 1.85. The van der Waals surface area contributed by atoms with Crippen LogP contribution in [0, 0.1) is 22.7 Å². The second-order valence-electron chi connectivity index (χ2n) is 2.64. The summed E-state index contributed by atoms with van der Waals surface area (Å²) in [5, 5.41) is 17.4. The molecule has 0 aliphatic carbocycles. The molecule has 0 aliphatic rings. The molecule has 0 aliphatic heterocycles. The summed E-state index contributed by atoms with van der Waals surface area (Å²) in [6.07, 6.45) is 1.61. The number of rotatable bonds is 1. The van der Waals surface area contributed by atoms with E-state index in [9.17, 15) is 0 Å². The maximum absolute atomic E-state index is 8.78. The molecule has 0 saturated heterocycles. The van der Waals surface area contributed by atoms with E-state index in [0.717, 1.165) is 0 Å². The van der Waals surface area contributed by atoms with Gasteiger partial charge in [-0.15, -0.1) is 0 Å². The molecule has 5 heteroatoms. The average molecular weight is 183 g/mol. The van der Waals surface area contributed by atoms with Crippen LogP contribution in [0.4, 0.5) is 0 Å². The van der Waals surface area contributed by atoms with Crippen molar-refractivity contribution in [3.8, 4) is 12.1 Å². The van der Waals surface area contributed by atoms with Crippen molar-refractivity contribution < 1.29 is 0 Å². The van der Waals surface area contributed by atoms with Crippen LogP contribution in [0.3, 0.4) is 0 Å². The van der Waals surface area contributed by atoms with Crippen LogP contribution >= 0.6 is 0 Å². The Labute approximate surface area is 79.9 Å². The summed E-state index contributed by atoms with van der Waals surface area (Å²) >= 11 is 0. The number of aromatic nitrogens is 3. The van der Waals surface area contributed by atoms with Crippen LogP contribution in [-0.2, 0) is 6.54 Å². The van der Waals surface area contributed by atoms with Gasteiger partial charge in [-0.3, -0.25) is 4.57 Å². The van der Waals surface area contributed by atoms with Crippen molar-refractivity contribution in [3.05, 3.63) is 24.2 Å². The molecule has 2 rings (SSSR count). The van der Waals surface area contributed by atoms with Crippen LogP contribution in [0.2, 0.25) is 0 Å². The summed E-state index contributed by atoms with van der Waals surface area (Å²) in [6.45, 7) is 0.0937. The lowest BCUT2D eigenvalue weighted by Gasteiger charge is -1.95. The highest BCUT2D eigenvalue weighted by atomic mass is 15.1. The molecular weight excluding hydrogens is 178 g/mol. The van der Waals surface area contributed by atoms with Crippen LogP contribution in [-0.4, -0.2) is 14.5 Å². The van der Waals surface area contributed by atoms with E-state index in [1.54, 1.807) is 18.3 Å². The number of nitrogens with zero attached hydrogens (tertiary/aromatic N) is 5. The molecule has 0 amide bonds. The van der Waals surface area contributed by atoms with Crippen LogP contribution in [0.15, 0.2) is 18.3 Å². The lowest BCUT2D eigenvalue weighted by atomic mass is 10.4. The van der Waals surface area contributed by atoms with Gasteiger partial charge >= 0.3 is 0 Å². The molecule has 0 aromatic carbocycles. The fourth-order valence-electron chi connectivity index (χ4n) is 1.26. The van der Waals surface area contributed by atoms with Crippen molar-refractivity contribution in [2.45, 2.75) is 6.54 Å². The van der Waals surface area contributed by atoms with E-state index in [0.29, 0.717) is 11.2 Å². The number of hydrogen-bond acceptors (Lipinski definition) is 4. The van der Waals surface area contributed by atoms with Crippen LogP contribution in [0.1, 0.15) is 5.82 Å². The summed E-state index contributed by atoms with van der Waals surface area (Å²) in [4.78, 5) is 8.10. The molecule has 14 heavy (non-hydrogen) atoms. The summed E-state index contributed by atoms with van der Waals surface area (Å²) in [6, 6.07) is 7.40. The van der Waals surface area contributed by atoms with E-state index in [1.165, 1.54) is 4.57 Å². The van der Waals surface area contributed by atoms with Gasteiger partial charge in [0.25, 0.3) is 0 Å². The van der Waals surface area contributed by atoms with Crippen molar-refractivity contribution >= 4 is 11.2 Å². The summed E-state index contributed by atoms with van der Waals surface area (Å²) in [5.41, 5.74) is 1.21. The molecule has 0 bridgehead atoms. The van der Waals surface area contributed by atoms with Crippen molar-refractivity contribution in [2.75, 3.05) is 0 Å². The Morgan fingerprint density at radius 2 is 2.29 bits per heavy atom. The van der Waals surface area contributed by atoms with Crippen molar-refractivity contribution in [3.63, 3.8) is 0 Å². The fraction of sp³-hybridized carbons (Fsp3) is 0.111. The van der Waals surface area contributed by atoms with Gasteiger partial charge in [0.15, 0.2) is 5.65 Å². The number of pyridine rings is 1. The zero-order valence-corrected chi connectivity index (χ0v) is 7.18. The predicted molar refractivity (Wildman–Crippen MR) is 47.9 cm³/mol. The van der Waals surface area contributed by atoms with Gasteiger partial charge in [-0.2, -0.15) is 10.5 Å². The van der Waals surface area contributed by atoms with Gasteiger partial charge < -0.3 is 0 Å². The lowest BCUT2D eigenvalue weighted by Crippen LogP contribution is -1.99.